The largest absolute Gasteiger partial charge is 0.483 e. The number of piperidine rings is 1. The molecule has 10 heteroatoms. The minimum Gasteiger partial charge on any atom is -0.483 e. The van der Waals surface area contributed by atoms with E-state index in [1.165, 1.54) is 5.56 Å². The zero-order valence-electron chi connectivity index (χ0n) is 21.9. The Balaban J connectivity index is 0.00000112. The van der Waals surface area contributed by atoms with E-state index in [4.69, 9.17) is 38.8 Å². The van der Waals surface area contributed by atoms with E-state index in [1.54, 1.807) is 6.07 Å². The SMILES string of the molecule is N[C@@H]1C[C@H]2C(=O)N([C@@H]3CCCN(Cc4ccc(Cl)c(Cl)c4)C3=O)CCC(CCc3ccccc3)N2C1.O=CO. The van der Waals surface area contributed by atoms with Crippen LogP contribution in [0.3, 0.4) is 0 Å². The van der Waals surface area contributed by atoms with Gasteiger partial charge >= 0.3 is 0 Å². The van der Waals surface area contributed by atoms with Crippen LogP contribution in [0, 0.1) is 0 Å². The number of nitrogens with two attached hydrogens (primary N) is 1. The number of benzene rings is 2. The van der Waals surface area contributed by atoms with Gasteiger partial charge in [0, 0.05) is 38.3 Å². The molecule has 0 saturated carbocycles. The van der Waals surface area contributed by atoms with Crippen molar-refractivity contribution >= 4 is 41.5 Å². The molecule has 0 bridgehead atoms. The van der Waals surface area contributed by atoms with Crippen molar-refractivity contribution in [1.29, 1.82) is 0 Å². The van der Waals surface area contributed by atoms with Gasteiger partial charge in [0.15, 0.2) is 0 Å². The summed E-state index contributed by atoms with van der Waals surface area (Å²) >= 11 is 12.3. The summed E-state index contributed by atoms with van der Waals surface area (Å²) in [4.78, 5) is 41.9. The quantitative estimate of drug-likeness (QED) is 0.508. The van der Waals surface area contributed by atoms with Gasteiger partial charge in [-0.2, -0.15) is 0 Å². The van der Waals surface area contributed by atoms with Crippen molar-refractivity contribution in [2.75, 3.05) is 19.6 Å². The Morgan fingerprint density at radius 2 is 1.69 bits per heavy atom. The molecule has 39 heavy (non-hydrogen) atoms. The van der Waals surface area contributed by atoms with E-state index in [1.807, 2.05) is 28.0 Å². The Bertz CT molecular complexity index is 1150. The van der Waals surface area contributed by atoms with Gasteiger partial charge in [-0.25, -0.2) is 0 Å². The third kappa shape index (κ3) is 7.11. The van der Waals surface area contributed by atoms with Crippen molar-refractivity contribution in [3.05, 3.63) is 69.7 Å². The third-order valence-electron chi connectivity index (χ3n) is 7.96. The van der Waals surface area contributed by atoms with E-state index in [9.17, 15) is 9.59 Å². The Kier molecular flexibility index (Phi) is 10.2. The highest BCUT2D eigenvalue weighted by molar-refractivity contribution is 6.42. The Morgan fingerprint density at radius 1 is 0.949 bits per heavy atom. The molecule has 0 spiro atoms. The van der Waals surface area contributed by atoms with Crippen LogP contribution >= 0.6 is 23.2 Å². The second-order valence-electron chi connectivity index (χ2n) is 10.5. The molecule has 2 amide bonds. The van der Waals surface area contributed by atoms with E-state index in [2.05, 4.69) is 29.2 Å². The fourth-order valence-electron chi connectivity index (χ4n) is 6.12. The number of nitrogens with zero attached hydrogens (tertiary/aromatic N) is 3. The number of fused-ring (bicyclic) bond motifs is 1. The molecule has 3 aliphatic rings. The van der Waals surface area contributed by atoms with Crippen molar-refractivity contribution in [3.8, 4) is 0 Å². The highest BCUT2D eigenvalue weighted by atomic mass is 35.5. The average Bonchev–Trinajstić information content (AvgIpc) is 3.27. The molecule has 210 valence electrons. The van der Waals surface area contributed by atoms with Crippen LogP contribution in [0.4, 0.5) is 0 Å². The van der Waals surface area contributed by atoms with Crippen molar-refractivity contribution in [2.45, 2.75) is 69.2 Å². The molecular formula is C29H36Cl2N4O4. The standard InChI is InChI=1S/C28H34Cl2N4O2.CH2O2/c29-23-11-9-20(15-24(23)30)17-32-13-4-7-25(27(32)35)33-14-12-22(10-8-19-5-2-1-3-6-19)34-18-21(31)16-26(34)28(33)36;2-1-3/h1-3,5-6,9,11,15,21-22,25-26H,4,7-8,10,12-14,16-18,31H2;1H,(H,2,3)/t21-,22?,25-,26+;/m1./s1. The first-order chi connectivity index (χ1) is 18.8. The topological polar surface area (TPSA) is 107 Å². The van der Waals surface area contributed by atoms with Gasteiger partial charge in [-0.3, -0.25) is 19.3 Å². The first kappa shape index (κ1) is 29.3. The second kappa shape index (κ2) is 13.6. The van der Waals surface area contributed by atoms with Crippen molar-refractivity contribution < 1.29 is 19.5 Å². The molecule has 3 aliphatic heterocycles. The molecule has 5 rings (SSSR count). The van der Waals surface area contributed by atoms with Gasteiger partial charge in [0.2, 0.25) is 11.8 Å². The van der Waals surface area contributed by atoms with Crippen LogP contribution in [0.25, 0.3) is 0 Å². The van der Waals surface area contributed by atoms with Crippen LogP contribution in [-0.4, -0.2) is 81.9 Å². The molecule has 0 aliphatic carbocycles. The lowest BCUT2D eigenvalue weighted by Gasteiger charge is -2.39. The van der Waals surface area contributed by atoms with Gasteiger partial charge in [0.05, 0.1) is 16.1 Å². The number of halogens is 2. The normalized spacial score (nSPS) is 25.5. The number of rotatable bonds is 6. The maximum Gasteiger partial charge on any atom is 0.290 e. The summed E-state index contributed by atoms with van der Waals surface area (Å²) in [7, 11) is 0. The highest BCUT2D eigenvalue weighted by Gasteiger charge is 2.46. The van der Waals surface area contributed by atoms with Crippen LogP contribution < -0.4 is 5.73 Å². The van der Waals surface area contributed by atoms with Crippen molar-refractivity contribution in [1.82, 2.24) is 14.7 Å². The van der Waals surface area contributed by atoms with Crippen LogP contribution in [-0.2, 0) is 27.3 Å². The van der Waals surface area contributed by atoms with E-state index >= 15 is 0 Å². The van der Waals surface area contributed by atoms with Crippen LogP contribution in [0.1, 0.15) is 43.2 Å². The Labute approximate surface area is 239 Å². The number of hydrogen-bond donors (Lipinski definition) is 2. The predicted octanol–water partition coefficient (Wildman–Crippen LogP) is 3.82. The highest BCUT2D eigenvalue weighted by Crippen LogP contribution is 2.32. The van der Waals surface area contributed by atoms with Gasteiger partial charge in [-0.15, -0.1) is 0 Å². The Morgan fingerprint density at radius 3 is 2.41 bits per heavy atom. The summed E-state index contributed by atoms with van der Waals surface area (Å²) in [5.41, 5.74) is 8.60. The lowest BCUT2D eigenvalue weighted by Crippen LogP contribution is -2.56. The molecule has 0 aromatic heterocycles. The predicted molar refractivity (Wildman–Crippen MR) is 152 cm³/mol. The lowest BCUT2D eigenvalue weighted by molar-refractivity contribution is -0.150. The lowest BCUT2D eigenvalue weighted by atomic mass is 10.00. The van der Waals surface area contributed by atoms with E-state index in [0.717, 1.165) is 37.8 Å². The fourth-order valence-corrected chi connectivity index (χ4v) is 6.44. The molecule has 0 radical (unpaired) electrons. The minimum atomic E-state index is -0.416. The Hall–Kier alpha value is -2.65. The number of carbonyl (C=O) groups is 3. The van der Waals surface area contributed by atoms with Gasteiger partial charge in [-0.1, -0.05) is 59.6 Å². The monoisotopic (exact) mass is 574 g/mol. The number of hydrogen-bond acceptors (Lipinski definition) is 5. The van der Waals surface area contributed by atoms with E-state index in [-0.39, 0.29) is 36.4 Å². The summed E-state index contributed by atoms with van der Waals surface area (Å²) < 4.78 is 0. The first-order valence-electron chi connectivity index (χ1n) is 13.5. The maximum atomic E-state index is 13.8. The zero-order valence-corrected chi connectivity index (χ0v) is 23.4. The second-order valence-corrected chi connectivity index (χ2v) is 11.3. The molecule has 1 unspecified atom stereocenters. The van der Waals surface area contributed by atoms with Gasteiger partial charge in [-0.05, 0) is 61.8 Å². The summed E-state index contributed by atoms with van der Waals surface area (Å²) in [5.74, 6) is 0.0946. The van der Waals surface area contributed by atoms with Crippen LogP contribution in [0.15, 0.2) is 48.5 Å². The summed E-state index contributed by atoms with van der Waals surface area (Å²) in [6.07, 6.45) is 5.04. The van der Waals surface area contributed by atoms with Crippen molar-refractivity contribution in [2.24, 2.45) is 5.73 Å². The van der Waals surface area contributed by atoms with Gasteiger partial charge < -0.3 is 20.6 Å². The molecule has 8 nitrogen and oxygen atoms in total. The number of carboxylic acid groups (broad SMARTS) is 1. The number of aryl methyl sites for hydroxylation is 1. The molecule has 4 atom stereocenters. The number of likely N-dealkylation sites (tertiary alicyclic amines) is 1. The summed E-state index contributed by atoms with van der Waals surface area (Å²) in [6.45, 7) is 2.25. The number of carbonyl (C=O) groups excluding carboxylic acids is 2. The van der Waals surface area contributed by atoms with Crippen molar-refractivity contribution in [3.63, 3.8) is 0 Å². The molecule has 2 aromatic carbocycles. The molecule has 2 aromatic rings. The summed E-state index contributed by atoms with van der Waals surface area (Å²) in [6, 6.07) is 15.6. The molecule has 3 N–H and O–H groups in total. The molecule has 3 fully saturated rings. The zero-order chi connectivity index (χ0) is 27.9. The molecule has 3 heterocycles. The fraction of sp³-hybridized carbons (Fsp3) is 0.483. The maximum absolute atomic E-state index is 13.8. The number of amides is 2. The average molecular weight is 576 g/mol. The third-order valence-corrected chi connectivity index (χ3v) is 8.70. The van der Waals surface area contributed by atoms with E-state index < -0.39 is 6.04 Å². The molecular weight excluding hydrogens is 539 g/mol. The van der Waals surface area contributed by atoms with Gasteiger partial charge in [0.25, 0.3) is 6.47 Å². The first-order valence-corrected chi connectivity index (χ1v) is 14.2. The van der Waals surface area contributed by atoms with Crippen LogP contribution in [0.2, 0.25) is 10.0 Å². The minimum absolute atomic E-state index is 0.00802. The van der Waals surface area contributed by atoms with Gasteiger partial charge in [0.1, 0.15) is 6.04 Å². The smallest absolute Gasteiger partial charge is 0.290 e. The molecule has 3 saturated heterocycles. The summed E-state index contributed by atoms with van der Waals surface area (Å²) in [5, 5.41) is 7.87. The van der Waals surface area contributed by atoms with Crippen LogP contribution in [0.5, 0.6) is 0 Å². The van der Waals surface area contributed by atoms with E-state index in [0.29, 0.717) is 42.5 Å².